The summed E-state index contributed by atoms with van der Waals surface area (Å²) in [6.45, 7) is 16.0. The second-order valence-electron chi connectivity index (χ2n) is 12.3. The lowest BCUT2D eigenvalue weighted by Gasteiger charge is -2.20. The van der Waals surface area contributed by atoms with E-state index in [-0.39, 0.29) is 22.7 Å². The fourth-order valence-electron chi connectivity index (χ4n) is 5.11. The highest BCUT2D eigenvalue weighted by atomic mass is 16.5. The van der Waals surface area contributed by atoms with Crippen LogP contribution in [-0.4, -0.2) is 46.6 Å². The van der Waals surface area contributed by atoms with Crippen LogP contribution in [0, 0.1) is 6.92 Å². The molecule has 4 aromatic rings. The number of aryl methyl sites for hydroxylation is 1. The minimum Gasteiger partial charge on any atom is -0.490 e. The molecule has 0 aliphatic heterocycles. The minimum absolute atomic E-state index is 0.00557. The second kappa shape index (κ2) is 14.4. The predicted octanol–water partition coefficient (Wildman–Crippen LogP) is 6.74. The number of nitrogens with zero attached hydrogens (tertiary/aromatic N) is 3. The van der Waals surface area contributed by atoms with Crippen LogP contribution in [0.5, 0.6) is 5.75 Å². The van der Waals surface area contributed by atoms with Crippen LogP contribution >= 0.6 is 0 Å². The highest BCUT2D eigenvalue weighted by molar-refractivity contribution is 6.05. The number of carbonyl (C=O) groups is 1. The lowest BCUT2D eigenvalue weighted by Crippen LogP contribution is -2.29. The minimum atomic E-state index is -0.283. The van der Waals surface area contributed by atoms with E-state index in [4.69, 9.17) is 10.5 Å². The molecule has 0 fully saturated rings. The number of hydrogen-bond donors (Lipinski definition) is 3. The number of aromatic nitrogens is 2. The van der Waals surface area contributed by atoms with Crippen molar-refractivity contribution < 1.29 is 9.53 Å². The highest BCUT2D eigenvalue weighted by Crippen LogP contribution is 2.30. The molecule has 1 aromatic heterocycles. The molecule has 4 rings (SSSR count). The number of anilines is 4. The normalized spacial score (nSPS) is 11.5. The van der Waals surface area contributed by atoms with Gasteiger partial charge in [0.25, 0.3) is 11.5 Å². The Kier molecular flexibility index (Phi) is 10.7. The number of hydrogen-bond acceptors (Lipinski definition) is 7. The molecule has 1 amide bonds. The maximum Gasteiger partial charge on any atom is 0.293 e. The average Bonchev–Trinajstić information content (AvgIpc) is 3.00. The fourth-order valence-corrected chi connectivity index (χ4v) is 5.11. The molecular weight excluding hydrogens is 564 g/mol. The Morgan fingerprint density at radius 1 is 1.04 bits per heavy atom. The van der Waals surface area contributed by atoms with Crippen molar-refractivity contribution in [2.24, 2.45) is 7.05 Å². The summed E-state index contributed by atoms with van der Waals surface area (Å²) in [6, 6.07) is 18.7. The molecule has 0 aliphatic rings. The van der Waals surface area contributed by atoms with E-state index >= 15 is 0 Å². The Morgan fingerprint density at radius 3 is 2.42 bits per heavy atom. The van der Waals surface area contributed by atoms with E-state index in [0.717, 1.165) is 42.7 Å². The lowest BCUT2D eigenvalue weighted by atomic mass is 9.86. The maximum atomic E-state index is 13.1. The van der Waals surface area contributed by atoms with Gasteiger partial charge in [-0.15, -0.1) is 0 Å². The van der Waals surface area contributed by atoms with Crippen molar-refractivity contribution in [1.82, 2.24) is 14.5 Å². The van der Waals surface area contributed by atoms with Crippen molar-refractivity contribution in [1.29, 1.82) is 0 Å². The van der Waals surface area contributed by atoms with Crippen LogP contribution in [0.2, 0.25) is 0 Å². The van der Waals surface area contributed by atoms with Crippen molar-refractivity contribution in [2.75, 3.05) is 42.6 Å². The Bertz CT molecular complexity index is 1690. The third-order valence-electron chi connectivity index (χ3n) is 7.87. The van der Waals surface area contributed by atoms with Crippen LogP contribution in [0.1, 0.15) is 62.5 Å². The van der Waals surface area contributed by atoms with E-state index in [2.05, 4.69) is 55.1 Å². The Morgan fingerprint density at radius 2 is 1.78 bits per heavy atom. The zero-order valence-electron chi connectivity index (χ0n) is 27.5. The van der Waals surface area contributed by atoms with E-state index in [9.17, 15) is 9.59 Å². The molecule has 0 aliphatic carbocycles. The van der Waals surface area contributed by atoms with Gasteiger partial charge in [-0.05, 0) is 79.4 Å². The topological polar surface area (TPSA) is 115 Å². The number of rotatable bonds is 12. The largest absolute Gasteiger partial charge is 0.490 e. The molecule has 9 nitrogen and oxygen atoms in total. The van der Waals surface area contributed by atoms with Crippen LogP contribution in [-0.2, 0) is 12.5 Å². The number of amides is 1. The van der Waals surface area contributed by atoms with Crippen LogP contribution in [0.4, 0.5) is 22.9 Å². The van der Waals surface area contributed by atoms with Gasteiger partial charge in [0.1, 0.15) is 12.4 Å². The van der Waals surface area contributed by atoms with Crippen LogP contribution < -0.4 is 26.7 Å². The summed E-state index contributed by atoms with van der Waals surface area (Å²) < 4.78 is 7.42. The summed E-state index contributed by atoms with van der Waals surface area (Å²) >= 11 is 0. The van der Waals surface area contributed by atoms with Gasteiger partial charge < -0.3 is 30.6 Å². The molecule has 0 spiro atoms. The summed E-state index contributed by atoms with van der Waals surface area (Å²) in [5, 5.41) is 6.17. The standard InChI is InChI=1S/C36H46N6O3/c1-8-19-42(9-2)20-21-45-32-18-17-27(22-29(32)37)38-33-35(44)41(7)23-31(39-33)28-11-10-12-30(24(28)3)40-34(43)25-13-15-26(16-14-25)36(4,5)6/h10-18,22-23H,8-9,19-21,37H2,1-7H3,(H,38,39)(H,40,43). The predicted molar refractivity (Wildman–Crippen MR) is 185 cm³/mol. The summed E-state index contributed by atoms with van der Waals surface area (Å²) in [7, 11) is 1.68. The summed E-state index contributed by atoms with van der Waals surface area (Å²) in [6.07, 6.45) is 2.79. The molecule has 1 heterocycles. The van der Waals surface area contributed by atoms with Gasteiger partial charge in [0.15, 0.2) is 5.82 Å². The first-order valence-electron chi connectivity index (χ1n) is 15.5. The van der Waals surface area contributed by atoms with E-state index in [1.807, 2.05) is 55.5 Å². The number of carbonyl (C=O) groups excluding carboxylic acids is 1. The van der Waals surface area contributed by atoms with Crippen LogP contribution in [0.15, 0.2) is 71.7 Å². The quantitative estimate of drug-likeness (QED) is 0.152. The SMILES string of the molecule is CCCN(CC)CCOc1ccc(Nc2nc(-c3cccc(NC(=O)c4ccc(C(C)(C)C)cc4)c3C)cn(C)c2=O)cc1N. The lowest BCUT2D eigenvalue weighted by molar-refractivity contribution is 0.102. The first-order chi connectivity index (χ1) is 21.4. The smallest absolute Gasteiger partial charge is 0.293 e. The molecule has 238 valence electrons. The molecule has 45 heavy (non-hydrogen) atoms. The van der Waals surface area contributed by atoms with Crippen molar-refractivity contribution >= 4 is 28.8 Å². The highest BCUT2D eigenvalue weighted by Gasteiger charge is 2.17. The third kappa shape index (κ3) is 8.30. The molecule has 0 bridgehead atoms. The zero-order valence-corrected chi connectivity index (χ0v) is 27.5. The molecule has 0 saturated heterocycles. The average molecular weight is 611 g/mol. The maximum absolute atomic E-state index is 13.1. The monoisotopic (exact) mass is 610 g/mol. The number of benzene rings is 3. The summed E-state index contributed by atoms with van der Waals surface area (Å²) in [5.41, 5.74) is 11.7. The number of nitrogens with two attached hydrogens (primary N) is 1. The van der Waals surface area contributed by atoms with Gasteiger partial charge >= 0.3 is 0 Å². The van der Waals surface area contributed by atoms with E-state index in [1.54, 1.807) is 25.4 Å². The number of nitrogen functional groups attached to an aromatic ring is 1. The zero-order chi connectivity index (χ0) is 32.7. The summed E-state index contributed by atoms with van der Waals surface area (Å²) in [5.74, 6) is 0.566. The van der Waals surface area contributed by atoms with Crippen molar-refractivity contribution in [3.63, 3.8) is 0 Å². The molecule has 0 radical (unpaired) electrons. The fraction of sp³-hybridized carbons (Fsp3) is 0.361. The van der Waals surface area contributed by atoms with E-state index < -0.39 is 0 Å². The Labute approximate surface area is 266 Å². The second-order valence-corrected chi connectivity index (χ2v) is 12.3. The molecular formula is C36H46N6O3. The van der Waals surface area contributed by atoms with Gasteiger partial charge in [0, 0.05) is 42.3 Å². The number of nitrogens with one attached hydrogen (secondary N) is 2. The number of ether oxygens (including phenoxy) is 1. The van der Waals surface area contributed by atoms with E-state index in [1.165, 1.54) is 4.57 Å². The first-order valence-corrected chi connectivity index (χ1v) is 15.5. The van der Waals surface area contributed by atoms with Crippen molar-refractivity contribution in [2.45, 2.75) is 53.4 Å². The molecule has 0 unspecified atom stereocenters. The Balaban J connectivity index is 1.52. The van der Waals surface area contributed by atoms with E-state index in [0.29, 0.717) is 40.7 Å². The van der Waals surface area contributed by atoms with Crippen LogP contribution in [0.25, 0.3) is 11.3 Å². The van der Waals surface area contributed by atoms with Gasteiger partial charge in [-0.25, -0.2) is 4.98 Å². The van der Waals surface area contributed by atoms with Gasteiger partial charge in [0.05, 0.1) is 11.4 Å². The number of likely N-dealkylation sites (N-methyl/N-ethyl adjacent to an activating group) is 1. The first kappa shape index (κ1) is 33.3. The van der Waals surface area contributed by atoms with Gasteiger partial charge in [-0.3, -0.25) is 9.59 Å². The van der Waals surface area contributed by atoms with Gasteiger partial charge in [0.2, 0.25) is 0 Å². The van der Waals surface area contributed by atoms with Crippen LogP contribution in [0.3, 0.4) is 0 Å². The van der Waals surface area contributed by atoms with Gasteiger partial charge in [-0.1, -0.05) is 58.9 Å². The van der Waals surface area contributed by atoms with Crippen molar-refractivity contribution in [3.05, 3.63) is 93.9 Å². The molecule has 9 heteroatoms. The third-order valence-corrected chi connectivity index (χ3v) is 7.87. The Hall–Kier alpha value is -4.63. The van der Waals surface area contributed by atoms with Crippen molar-refractivity contribution in [3.8, 4) is 17.0 Å². The molecule has 3 aromatic carbocycles. The molecule has 4 N–H and O–H groups in total. The molecule has 0 atom stereocenters. The summed E-state index contributed by atoms with van der Waals surface area (Å²) in [4.78, 5) is 33.2. The van der Waals surface area contributed by atoms with Gasteiger partial charge in [-0.2, -0.15) is 0 Å². The molecule has 0 saturated carbocycles.